The molecular weight excluding hydrogens is 246 g/mol. The number of likely N-dealkylation sites (tertiary alicyclic amines) is 1. The zero-order valence-corrected chi connectivity index (χ0v) is 11.8. The van der Waals surface area contributed by atoms with E-state index in [2.05, 4.69) is 22.0 Å². The van der Waals surface area contributed by atoms with Gasteiger partial charge in [0.25, 0.3) is 0 Å². The van der Waals surface area contributed by atoms with Gasteiger partial charge in [-0.2, -0.15) is 0 Å². The highest BCUT2D eigenvalue weighted by atomic mass is 15.1. The van der Waals surface area contributed by atoms with Crippen molar-refractivity contribution in [3.05, 3.63) is 48.2 Å². The molecule has 20 heavy (non-hydrogen) atoms. The van der Waals surface area contributed by atoms with Gasteiger partial charge in [-0.1, -0.05) is 24.6 Å². The Hall–Kier alpha value is -1.87. The lowest BCUT2D eigenvalue weighted by atomic mass is 10.1. The van der Waals surface area contributed by atoms with Crippen LogP contribution in [0.1, 0.15) is 24.8 Å². The Labute approximate surface area is 120 Å². The molecule has 1 aromatic heterocycles. The second-order valence-corrected chi connectivity index (χ2v) is 5.51. The third-order valence-corrected chi connectivity index (χ3v) is 3.86. The highest BCUT2D eigenvalue weighted by Gasteiger charge is 2.10. The van der Waals surface area contributed by atoms with E-state index >= 15 is 0 Å². The molecule has 0 radical (unpaired) electrons. The quantitative estimate of drug-likeness (QED) is 0.867. The highest BCUT2D eigenvalue weighted by molar-refractivity contribution is 5.63. The van der Waals surface area contributed by atoms with Gasteiger partial charge in [0.05, 0.1) is 5.69 Å². The van der Waals surface area contributed by atoms with Crippen LogP contribution in [0, 0.1) is 0 Å². The minimum Gasteiger partial charge on any atom is -0.399 e. The van der Waals surface area contributed by atoms with Crippen LogP contribution in [0.5, 0.6) is 0 Å². The first-order valence-electron chi connectivity index (χ1n) is 7.34. The Balaban J connectivity index is 1.71. The molecule has 0 unspecified atom stereocenters. The van der Waals surface area contributed by atoms with Crippen LogP contribution in [-0.4, -0.2) is 23.0 Å². The van der Waals surface area contributed by atoms with Crippen molar-refractivity contribution >= 4 is 5.69 Å². The minimum absolute atomic E-state index is 0.779. The zero-order valence-electron chi connectivity index (χ0n) is 11.8. The molecule has 104 valence electrons. The maximum atomic E-state index is 5.82. The van der Waals surface area contributed by atoms with E-state index in [-0.39, 0.29) is 0 Å². The molecule has 1 aliphatic heterocycles. The maximum Gasteiger partial charge on any atom is 0.0702 e. The van der Waals surface area contributed by atoms with E-state index in [4.69, 9.17) is 5.73 Å². The lowest BCUT2D eigenvalue weighted by Crippen LogP contribution is -2.29. The Morgan fingerprint density at radius 3 is 2.60 bits per heavy atom. The van der Waals surface area contributed by atoms with Crippen molar-refractivity contribution in [2.24, 2.45) is 0 Å². The summed E-state index contributed by atoms with van der Waals surface area (Å²) in [5, 5.41) is 0. The van der Waals surface area contributed by atoms with Crippen molar-refractivity contribution in [1.82, 2.24) is 9.88 Å². The van der Waals surface area contributed by atoms with Crippen LogP contribution >= 0.6 is 0 Å². The van der Waals surface area contributed by atoms with Crippen molar-refractivity contribution in [3.8, 4) is 11.3 Å². The fourth-order valence-electron chi connectivity index (χ4n) is 2.76. The fourth-order valence-corrected chi connectivity index (χ4v) is 2.76. The summed E-state index contributed by atoms with van der Waals surface area (Å²) in [7, 11) is 0. The number of nitrogen functional groups attached to an aromatic ring is 1. The Morgan fingerprint density at radius 2 is 1.90 bits per heavy atom. The molecule has 0 atom stereocenters. The number of hydrogen-bond acceptors (Lipinski definition) is 3. The van der Waals surface area contributed by atoms with E-state index in [1.165, 1.54) is 37.9 Å². The molecule has 2 aromatic rings. The molecule has 3 rings (SSSR count). The first kappa shape index (κ1) is 13.1. The van der Waals surface area contributed by atoms with Crippen molar-refractivity contribution < 1.29 is 0 Å². The fraction of sp³-hybridized carbons (Fsp3) is 0.353. The van der Waals surface area contributed by atoms with Gasteiger partial charge in [0, 0.05) is 24.0 Å². The summed E-state index contributed by atoms with van der Waals surface area (Å²) in [6.07, 6.45) is 6.03. The van der Waals surface area contributed by atoms with Crippen molar-refractivity contribution in [2.45, 2.75) is 25.8 Å². The van der Waals surface area contributed by atoms with E-state index in [1.54, 1.807) is 0 Å². The highest BCUT2D eigenvalue weighted by Crippen LogP contribution is 2.20. The standard InChI is InChI=1S/C17H21N3/c18-16-6-4-5-15(11-16)17-8-7-14(12-19-17)13-20-9-2-1-3-10-20/h4-8,11-12H,1-3,9-10,13,18H2. The Kier molecular flexibility index (Phi) is 3.97. The van der Waals surface area contributed by atoms with Crippen molar-refractivity contribution in [1.29, 1.82) is 0 Å². The van der Waals surface area contributed by atoms with Crippen LogP contribution in [0.4, 0.5) is 5.69 Å². The van der Waals surface area contributed by atoms with Gasteiger partial charge in [0.15, 0.2) is 0 Å². The number of pyridine rings is 1. The minimum atomic E-state index is 0.779. The smallest absolute Gasteiger partial charge is 0.0702 e. The first-order valence-corrected chi connectivity index (χ1v) is 7.34. The molecule has 1 saturated heterocycles. The molecule has 2 N–H and O–H groups in total. The topological polar surface area (TPSA) is 42.1 Å². The average molecular weight is 267 g/mol. The second-order valence-electron chi connectivity index (χ2n) is 5.51. The number of benzene rings is 1. The molecule has 1 aromatic carbocycles. The maximum absolute atomic E-state index is 5.82. The molecule has 0 spiro atoms. The monoisotopic (exact) mass is 267 g/mol. The summed E-state index contributed by atoms with van der Waals surface area (Å²) in [6.45, 7) is 3.46. The van der Waals surface area contributed by atoms with Crippen LogP contribution in [-0.2, 0) is 6.54 Å². The number of aromatic nitrogens is 1. The number of anilines is 1. The van der Waals surface area contributed by atoms with Crippen LogP contribution in [0.2, 0.25) is 0 Å². The first-order chi connectivity index (χ1) is 9.81. The predicted octanol–water partition coefficient (Wildman–Crippen LogP) is 3.32. The molecule has 0 bridgehead atoms. The number of piperidine rings is 1. The SMILES string of the molecule is Nc1cccc(-c2ccc(CN3CCCCC3)cn2)c1. The zero-order chi connectivity index (χ0) is 13.8. The molecule has 0 saturated carbocycles. The summed E-state index contributed by atoms with van der Waals surface area (Å²) in [4.78, 5) is 7.09. The van der Waals surface area contributed by atoms with Gasteiger partial charge in [-0.25, -0.2) is 0 Å². The van der Waals surface area contributed by atoms with Gasteiger partial charge in [-0.15, -0.1) is 0 Å². The summed E-state index contributed by atoms with van der Waals surface area (Å²) in [5.74, 6) is 0. The molecule has 0 amide bonds. The number of hydrogen-bond donors (Lipinski definition) is 1. The number of rotatable bonds is 3. The number of nitrogens with two attached hydrogens (primary N) is 1. The van der Waals surface area contributed by atoms with Crippen molar-refractivity contribution in [3.63, 3.8) is 0 Å². The molecule has 2 heterocycles. The van der Waals surface area contributed by atoms with Gasteiger partial charge in [-0.05, 0) is 49.7 Å². The predicted molar refractivity (Wildman–Crippen MR) is 83.2 cm³/mol. The van der Waals surface area contributed by atoms with Crippen LogP contribution < -0.4 is 5.73 Å². The molecule has 1 aliphatic rings. The lowest BCUT2D eigenvalue weighted by Gasteiger charge is -2.26. The molecular formula is C17H21N3. The van der Waals surface area contributed by atoms with Crippen LogP contribution in [0.15, 0.2) is 42.6 Å². The van der Waals surface area contributed by atoms with Crippen LogP contribution in [0.3, 0.4) is 0 Å². The van der Waals surface area contributed by atoms with E-state index in [9.17, 15) is 0 Å². The Morgan fingerprint density at radius 1 is 1.05 bits per heavy atom. The Bertz CT molecular complexity index is 557. The summed E-state index contributed by atoms with van der Waals surface area (Å²) in [6, 6.07) is 12.1. The summed E-state index contributed by atoms with van der Waals surface area (Å²) in [5.41, 5.74) is 9.95. The third-order valence-electron chi connectivity index (χ3n) is 3.86. The molecule has 3 nitrogen and oxygen atoms in total. The van der Waals surface area contributed by atoms with Crippen molar-refractivity contribution in [2.75, 3.05) is 18.8 Å². The van der Waals surface area contributed by atoms with Gasteiger partial charge in [0.1, 0.15) is 0 Å². The van der Waals surface area contributed by atoms with E-state index in [1.807, 2.05) is 30.5 Å². The third kappa shape index (κ3) is 3.17. The van der Waals surface area contributed by atoms with E-state index in [0.717, 1.165) is 23.5 Å². The normalized spacial score (nSPS) is 16.2. The number of nitrogens with zero attached hydrogens (tertiary/aromatic N) is 2. The van der Waals surface area contributed by atoms with Gasteiger partial charge >= 0.3 is 0 Å². The summed E-state index contributed by atoms with van der Waals surface area (Å²) < 4.78 is 0. The van der Waals surface area contributed by atoms with Crippen LogP contribution in [0.25, 0.3) is 11.3 Å². The average Bonchev–Trinajstić information content (AvgIpc) is 2.49. The lowest BCUT2D eigenvalue weighted by molar-refractivity contribution is 0.220. The summed E-state index contributed by atoms with van der Waals surface area (Å²) >= 11 is 0. The van der Waals surface area contributed by atoms with Gasteiger partial charge in [-0.3, -0.25) is 9.88 Å². The van der Waals surface area contributed by atoms with Gasteiger partial charge in [0.2, 0.25) is 0 Å². The van der Waals surface area contributed by atoms with E-state index < -0.39 is 0 Å². The molecule has 1 fully saturated rings. The molecule has 0 aliphatic carbocycles. The van der Waals surface area contributed by atoms with E-state index in [0.29, 0.717) is 0 Å². The largest absolute Gasteiger partial charge is 0.399 e. The molecule has 3 heteroatoms. The van der Waals surface area contributed by atoms with Gasteiger partial charge < -0.3 is 5.73 Å². The second kappa shape index (κ2) is 6.06.